The predicted octanol–water partition coefficient (Wildman–Crippen LogP) is 7.96. The number of pyridine rings is 1. The lowest BCUT2D eigenvalue weighted by Crippen LogP contribution is -2.55. The number of hydrogen-bond donors (Lipinski definition) is 0. The average molecular weight is 526 g/mol. The second-order valence-corrected chi connectivity index (χ2v) is 11.4. The highest BCUT2D eigenvalue weighted by Gasteiger charge is 2.27. The maximum absolute atomic E-state index is 4.70. The lowest BCUT2D eigenvalue weighted by Gasteiger charge is -2.24. The van der Waals surface area contributed by atoms with Gasteiger partial charge < -0.3 is 0 Å². The van der Waals surface area contributed by atoms with Crippen molar-refractivity contribution < 1.29 is 0 Å². The van der Waals surface area contributed by atoms with Crippen molar-refractivity contribution in [3.05, 3.63) is 144 Å². The highest BCUT2D eigenvalue weighted by atomic mass is 14.6. The molecule has 0 atom stereocenters. The fraction of sp³-hybridized carbons (Fsp3) is 0.103. The first-order valence-corrected chi connectivity index (χ1v) is 14.4. The third kappa shape index (κ3) is 4.23. The van der Waals surface area contributed by atoms with Crippen LogP contribution in [0.5, 0.6) is 0 Å². The quantitative estimate of drug-likeness (QED) is 0.168. The lowest BCUT2D eigenvalue weighted by atomic mass is 9.34. The molecule has 0 amide bonds. The zero-order valence-electron chi connectivity index (χ0n) is 24.1. The van der Waals surface area contributed by atoms with Gasteiger partial charge in [0.15, 0.2) is 0 Å². The molecular formula is C39H32BN. The van der Waals surface area contributed by atoms with E-state index in [9.17, 15) is 0 Å². The van der Waals surface area contributed by atoms with Gasteiger partial charge in [-0.15, -0.1) is 0 Å². The Bertz CT molecular complexity index is 2000. The van der Waals surface area contributed by atoms with Crippen LogP contribution in [-0.4, -0.2) is 11.7 Å². The van der Waals surface area contributed by atoms with Crippen LogP contribution in [0.25, 0.3) is 43.6 Å². The molecule has 41 heavy (non-hydrogen) atoms. The summed E-state index contributed by atoms with van der Waals surface area (Å²) in [5, 5.41) is 6.19. The minimum absolute atomic E-state index is 0.182. The van der Waals surface area contributed by atoms with Gasteiger partial charge in [-0.25, -0.2) is 0 Å². The van der Waals surface area contributed by atoms with Crippen molar-refractivity contribution in [1.82, 2.24) is 4.98 Å². The molecule has 0 saturated heterocycles. The van der Waals surface area contributed by atoms with Crippen LogP contribution in [0.15, 0.2) is 121 Å². The summed E-state index contributed by atoms with van der Waals surface area (Å²) < 4.78 is 0. The highest BCUT2D eigenvalue weighted by molar-refractivity contribution is 6.96. The molecular weight excluding hydrogens is 493 g/mol. The van der Waals surface area contributed by atoms with E-state index in [1.807, 2.05) is 6.20 Å². The topological polar surface area (TPSA) is 12.9 Å². The molecule has 0 fully saturated rings. The number of hydrogen-bond acceptors (Lipinski definition) is 1. The van der Waals surface area contributed by atoms with Crippen LogP contribution < -0.4 is 16.4 Å². The number of fused-ring (bicyclic) bond motifs is 5. The molecule has 1 heterocycles. The summed E-state index contributed by atoms with van der Waals surface area (Å²) in [6.45, 7) is 9.17. The Balaban J connectivity index is 1.40. The Hall–Kier alpha value is -4.69. The van der Waals surface area contributed by atoms with E-state index in [1.54, 1.807) is 0 Å². The van der Waals surface area contributed by atoms with Gasteiger partial charge in [0.2, 0.25) is 6.71 Å². The van der Waals surface area contributed by atoms with Crippen molar-refractivity contribution in [2.45, 2.75) is 27.7 Å². The molecule has 0 bridgehead atoms. The second kappa shape index (κ2) is 10.1. The highest BCUT2D eigenvalue weighted by Crippen LogP contribution is 2.35. The number of rotatable bonds is 4. The van der Waals surface area contributed by atoms with Crippen LogP contribution in [-0.2, 0) is 0 Å². The molecule has 0 unspecified atom stereocenters. The van der Waals surface area contributed by atoms with Gasteiger partial charge in [0, 0.05) is 22.4 Å². The predicted molar refractivity (Wildman–Crippen MR) is 179 cm³/mol. The van der Waals surface area contributed by atoms with E-state index >= 15 is 0 Å². The van der Waals surface area contributed by atoms with Crippen LogP contribution in [0.4, 0.5) is 0 Å². The second-order valence-electron chi connectivity index (χ2n) is 11.4. The summed E-state index contributed by atoms with van der Waals surface area (Å²) in [6, 6.07) is 42.3. The lowest BCUT2D eigenvalue weighted by molar-refractivity contribution is 1.41. The fourth-order valence-corrected chi connectivity index (χ4v) is 6.87. The largest absolute Gasteiger partial charge is 0.256 e. The van der Waals surface area contributed by atoms with Gasteiger partial charge in [-0.05, 0) is 55.7 Å². The standard InChI is InChI=1S/C39H32BN/c1-25-10-7-11-26(2)38(25)40(39-27(3)12-8-13-28(39)4)31-21-18-29(19-22-31)32-15-9-16-34-33(32)23-20-30-24-41-36-17-6-5-14-35(36)37(30)34/h5-24H,1-4H3. The van der Waals surface area contributed by atoms with Crippen LogP contribution in [0.1, 0.15) is 22.3 Å². The number of nitrogens with zero attached hydrogens (tertiary/aromatic N) is 1. The minimum Gasteiger partial charge on any atom is -0.256 e. The molecule has 0 aliphatic rings. The zero-order valence-corrected chi connectivity index (χ0v) is 24.1. The van der Waals surface area contributed by atoms with Crippen molar-refractivity contribution in [2.75, 3.05) is 0 Å². The molecule has 0 saturated carbocycles. The maximum atomic E-state index is 4.70. The van der Waals surface area contributed by atoms with Gasteiger partial charge in [-0.2, -0.15) is 0 Å². The van der Waals surface area contributed by atoms with Gasteiger partial charge in [0.25, 0.3) is 0 Å². The fourth-order valence-electron chi connectivity index (χ4n) is 6.87. The van der Waals surface area contributed by atoms with E-state index in [0.717, 1.165) is 5.52 Å². The Labute approximate surface area is 242 Å². The summed E-state index contributed by atoms with van der Waals surface area (Å²) in [6.07, 6.45) is 2.00. The van der Waals surface area contributed by atoms with Gasteiger partial charge in [0.1, 0.15) is 0 Å². The number of aryl methyl sites for hydroxylation is 4. The molecule has 0 radical (unpaired) electrons. The zero-order chi connectivity index (χ0) is 28.1. The molecule has 0 aliphatic heterocycles. The first kappa shape index (κ1) is 25.3. The first-order valence-electron chi connectivity index (χ1n) is 14.4. The van der Waals surface area contributed by atoms with Gasteiger partial charge in [-0.3, -0.25) is 4.98 Å². The first-order chi connectivity index (χ1) is 20.0. The SMILES string of the molecule is Cc1cccc(C)c1B(c1ccc(-c2cccc3c2ccc2cnc4ccccc4c23)cc1)c1c(C)cccc1C. The van der Waals surface area contributed by atoms with Gasteiger partial charge in [-0.1, -0.05) is 148 Å². The van der Waals surface area contributed by atoms with E-state index in [1.165, 1.54) is 76.7 Å². The van der Waals surface area contributed by atoms with E-state index in [2.05, 4.69) is 143 Å². The third-order valence-electron chi connectivity index (χ3n) is 8.83. The van der Waals surface area contributed by atoms with Crippen molar-refractivity contribution in [3.8, 4) is 11.1 Å². The van der Waals surface area contributed by atoms with Crippen molar-refractivity contribution >= 4 is 55.5 Å². The summed E-state index contributed by atoms with van der Waals surface area (Å²) in [4.78, 5) is 4.70. The Morgan fingerprint density at radius 3 is 1.73 bits per heavy atom. The molecule has 1 aromatic heterocycles. The summed E-state index contributed by atoms with van der Waals surface area (Å²) in [5.74, 6) is 0. The van der Waals surface area contributed by atoms with Crippen LogP contribution in [0.2, 0.25) is 0 Å². The Kier molecular flexibility index (Phi) is 6.20. The van der Waals surface area contributed by atoms with E-state index < -0.39 is 0 Å². The van der Waals surface area contributed by atoms with E-state index in [4.69, 9.17) is 4.98 Å². The summed E-state index contributed by atoms with van der Waals surface area (Å²) in [5.41, 5.74) is 13.0. The van der Waals surface area contributed by atoms with Crippen molar-refractivity contribution in [1.29, 1.82) is 0 Å². The van der Waals surface area contributed by atoms with E-state index in [-0.39, 0.29) is 6.71 Å². The molecule has 196 valence electrons. The van der Waals surface area contributed by atoms with Crippen LogP contribution in [0, 0.1) is 27.7 Å². The molecule has 7 aromatic rings. The summed E-state index contributed by atoms with van der Waals surface area (Å²) in [7, 11) is 0. The third-order valence-corrected chi connectivity index (χ3v) is 8.83. The Morgan fingerprint density at radius 1 is 0.488 bits per heavy atom. The van der Waals surface area contributed by atoms with Crippen molar-refractivity contribution in [3.63, 3.8) is 0 Å². The van der Waals surface area contributed by atoms with Crippen LogP contribution >= 0.6 is 0 Å². The molecule has 6 aromatic carbocycles. The average Bonchev–Trinajstić information content (AvgIpc) is 2.99. The van der Waals surface area contributed by atoms with Gasteiger partial charge in [0.05, 0.1) is 5.52 Å². The molecule has 0 spiro atoms. The molecule has 7 rings (SSSR count). The maximum Gasteiger partial charge on any atom is 0.242 e. The van der Waals surface area contributed by atoms with E-state index in [0.29, 0.717) is 0 Å². The molecule has 2 heteroatoms. The molecule has 0 aliphatic carbocycles. The monoisotopic (exact) mass is 525 g/mol. The smallest absolute Gasteiger partial charge is 0.242 e. The minimum atomic E-state index is 0.182. The van der Waals surface area contributed by atoms with Gasteiger partial charge >= 0.3 is 0 Å². The van der Waals surface area contributed by atoms with Crippen molar-refractivity contribution in [2.24, 2.45) is 0 Å². The number of aromatic nitrogens is 1. The van der Waals surface area contributed by atoms with Crippen LogP contribution in [0.3, 0.4) is 0 Å². The molecule has 0 N–H and O–H groups in total. The summed E-state index contributed by atoms with van der Waals surface area (Å²) >= 11 is 0. The Morgan fingerprint density at radius 2 is 1.07 bits per heavy atom. The normalized spacial score (nSPS) is 11.4. The molecule has 1 nitrogen and oxygen atoms in total. The number of benzene rings is 6. The number of para-hydroxylation sites is 1.